The van der Waals surface area contributed by atoms with Crippen LogP contribution in [-0.4, -0.2) is 31.0 Å². The molecule has 23 heavy (non-hydrogen) atoms. The molecule has 2 aromatic carbocycles. The molecular formula is C18H17Cl2NO2. The van der Waals surface area contributed by atoms with Gasteiger partial charge in [-0.15, -0.1) is 0 Å². The minimum absolute atomic E-state index is 0.000390. The van der Waals surface area contributed by atoms with Gasteiger partial charge in [0.2, 0.25) is 0 Å². The number of rotatable bonds is 3. The number of hydrogen-bond acceptors (Lipinski definition) is 2. The molecule has 1 saturated heterocycles. The topological polar surface area (TPSA) is 29.5 Å². The van der Waals surface area contributed by atoms with E-state index in [0.717, 1.165) is 18.7 Å². The van der Waals surface area contributed by atoms with Gasteiger partial charge in [-0.3, -0.25) is 4.79 Å². The van der Waals surface area contributed by atoms with Crippen molar-refractivity contribution in [2.45, 2.75) is 12.3 Å². The van der Waals surface area contributed by atoms with E-state index in [1.165, 1.54) is 5.56 Å². The summed E-state index contributed by atoms with van der Waals surface area (Å²) in [6, 6.07) is 13.1. The van der Waals surface area contributed by atoms with Crippen molar-refractivity contribution in [2.75, 3.05) is 20.2 Å². The molecule has 1 unspecified atom stereocenters. The molecule has 1 aliphatic heterocycles. The van der Waals surface area contributed by atoms with Gasteiger partial charge in [-0.25, -0.2) is 0 Å². The van der Waals surface area contributed by atoms with Crippen LogP contribution in [0, 0.1) is 0 Å². The van der Waals surface area contributed by atoms with Crippen molar-refractivity contribution in [2.24, 2.45) is 0 Å². The molecule has 1 aliphatic rings. The molecular weight excluding hydrogens is 333 g/mol. The van der Waals surface area contributed by atoms with E-state index in [9.17, 15) is 4.79 Å². The molecule has 1 atom stereocenters. The molecule has 3 nitrogen and oxygen atoms in total. The summed E-state index contributed by atoms with van der Waals surface area (Å²) in [6.07, 6.45) is 0.958. The van der Waals surface area contributed by atoms with E-state index < -0.39 is 0 Å². The first kappa shape index (κ1) is 16.2. The van der Waals surface area contributed by atoms with E-state index in [2.05, 4.69) is 12.1 Å². The van der Waals surface area contributed by atoms with Crippen LogP contribution in [0.4, 0.5) is 0 Å². The third kappa shape index (κ3) is 3.46. The van der Waals surface area contributed by atoms with Crippen LogP contribution in [0.15, 0.2) is 42.5 Å². The number of halogens is 2. The summed E-state index contributed by atoms with van der Waals surface area (Å²) in [6.45, 7) is 1.46. The quantitative estimate of drug-likeness (QED) is 0.808. The van der Waals surface area contributed by atoms with Crippen LogP contribution in [0.3, 0.4) is 0 Å². The van der Waals surface area contributed by atoms with E-state index in [4.69, 9.17) is 27.9 Å². The molecule has 0 saturated carbocycles. The van der Waals surface area contributed by atoms with Crippen LogP contribution >= 0.6 is 23.2 Å². The van der Waals surface area contributed by atoms with Gasteiger partial charge in [-0.2, -0.15) is 0 Å². The van der Waals surface area contributed by atoms with Crippen LogP contribution in [0.2, 0.25) is 10.0 Å². The maximum Gasteiger partial charge on any atom is 0.253 e. The van der Waals surface area contributed by atoms with Crippen molar-refractivity contribution in [1.29, 1.82) is 0 Å². The van der Waals surface area contributed by atoms with E-state index in [1.807, 2.05) is 17.0 Å². The molecule has 0 spiro atoms. The summed E-state index contributed by atoms with van der Waals surface area (Å²) in [5.41, 5.74) is 1.81. The molecule has 0 bridgehead atoms. The minimum Gasteiger partial charge on any atom is -0.497 e. The average Bonchev–Trinajstić information content (AvgIpc) is 3.07. The first-order valence-electron chi connectivity index (χ1n) is 7.47. The summed E-state index contributed by atoms with van der Waals surface area (Å²) >= 11 is 11.9. The van der Waals surface area contributed by atoms with Gasteiger partial charge in [-0.1, -0.05) is 35.3 Å². The second-order valence-electron chi connectivity index (χ2n) is 5.64. The van der Waals surface area contributed by atoms with Gasteiger partial charge in [0, 0.05) is 24.6 Å². The molecule has 0 N–H and O–H groups in total. The Labute approximate surface area is 145 Å². The lowest BCUT2D eigenvalue weighted by molar-refractivity contribution is 0.0791. The van der Waals surface area contributed by atoms with Crippen molar-refractivity contribution in [3.8, 4) is 5.75 Å². The summed E-state index contributed by atoms with van der Waals surface area (Å²) in [5, 5.41) is 0.865. The zero-order chi connectivity index (χ0) is 16.4. The molecule has 1 fully saturated rings. The molecule has 1 heterocycles. The third-order valence-electron chi connectivity index (χ3n) is 4.23. The lowest BCUT2D eigenvalue weighted by Gasteiger charge is -2.17. The molecule has 0 radical (unpaired) electrons. The van der Waals surface area contributed by atoms with Crippen molar-refractivity contribution in [1.82, 2.24) is 4.90 Å². The zero-order valence-electron chi connectivity index (χ0n) is 12.8. The number of amides is 1. The highest BCUT2D eigenvalue weighted by atomic mass is 35.5. The molecule has 120 valence electrons. The molecule has 3 rings (SSSR count). The fourth-order valence-electron chi connectivity index (χ4n) is 2.90. The normalized spacial score (nSPS) is 17.3. The molecule has 0 aromatic heterocycles. The number of likely N-dealkylation sites (tertiary alicyclic amines) is 1. The van der Waals surface area contributed by atoms with Gasteiger partial charge >= 0.3 is 0 Å². The summed E-state index contributed by atoms with van der Waals surface area (Å²) in [7, 11) is 1.65. The number of benzene rings is 2. The predicted octanol–water partition coefficient (Wildman–Crippen LogP) is 4.63. The van der Waals surface area contributed by atoms with Crippen LogP contribution in [0.5, 0.6) is 5.75 Å². The number of methoxy groups -OCH3 is 1. The van der Waals surface area contributed by atoms with E-state index in [-0.39, 0.29) is 5.91 Å². The standard InChI is InChI=1S/C18H17Cl2NO2/c1-23-15-5-2-12(3-6-15)14-8-9-21(11-14)18(22)13-4-7-16(19)17(20)10-13/h2-7,10,14H,8-9,11H2,1H3. The summed E-state index contributed by atoms with van der Waals surface area (Å²) in [4.78, 5) is 14.5. The maximum atomic E-state index is 12.6. The molecule has 1 amide bonds. The third-order valence-corrected chi connectivity index (χ3v) is 4.97. The molecule has 0 aliphatic carbocycles. The Morgan fingerprint density at radius 1 is 1.13 bits per heavy atom. The lowest BCUT2D eigenvalue weighted by Crippen LogP contribution is -2.28. The Hall–Kier alpha value is -1.71. The Kier molecular flexibility index (Phi) is 4.79. The Bertz CT molecular complexity index is 715. The Morgan fingerprint density at radius 2 is 1.87 bits per heavy atom. The Balaban J connectivity index is 1.70. The van der Waals surface area contributed by atoms with Gasteiger partial charge in [-0.05, 0) is 42.3 Å². The van der Waals surface area contributed by atoms with Gasteiger partial charge in [0.1, 0.15) is 5.75 Å². The lowest BCUT2D eigenvalue weighted by atomic mass is 9.98. The second-order valence-corrected chi connectivity index (χ2v) is 6.45. The molecule has 2 aromatic rings. The van der Waals surface area contributed by atoms with Gasteiger partial charge in [0.15, 0.2) is 0 Å². The Morgan fingerprint density at radius 3 is 2.52 bits per heavy atom. The van der Waals surface area contributed by atoms with Crippen LogP contribution in [0.25, 0.3) is 0 Å². The smallest absolute Gasteiger partial charge is 0.253 e. The fourth-order valence-corrected chi connectivity index (χ4v) is 3.20. The summed E-state index contributed by atoms with van der Waals surface area (Å²) in [5.74, 6) is 1.20. The van der Waals surface area contributed by atoms with Crippen molar-refractivity contribution in [3.05, 3.63) is 63.6 Å². The number of carbonyl (C=O) groups is 1. The second kappa shape index (κ2) is 6.81. The largest absolute Gasteiger partial charge is 0.497 e. The average molecular weight is 350 g/mol. The van der Waals surface area contributed by atoms with Crippen LogP contribution < -0.4 is 4.74 Å². The summed E-state index contributed by atoms with van der Waals surface area (Å²) < 4.78 is 5.18. The van der Waals surface area contributed by atoms with E-state index in [0.29, 0.717) is 28.1 Å². The van der Waals surface area contributed by atoms with Gasteiger partial charge < -0.3 is 9.64 Å². The number of ether oxygens (including phenoxy) is 1. The SMILES string of the molecule is COc1ccc(C2CCN(C(=O)c3ccc(Cl)c(Cl)c3)C2)cc1. The minimum atomic E-state index is -0.000390. The van der Waals surface area contributed by atoms with Gasteiger partial charge in [0.25, 0.3) is 5.91 Å². The van der Waals surface area contributed by atoms with Crippen molar-refractivity contribution >= 4 is 29.1 Å². The highest BCUT2D eigenvalue weighted by Gasteiger charge is 2.28. The maximum absolute atomic E-state index is 12.6. The first-order valence-corrected chi connectivity index (χ1v) is 8.22. The van der Waals surface area contributed by atoms with Crippen LogP contribution in [0.1, 0.15) is 28.3 Å². The van der Waals surface area contributed by atoms with E-state index >= 15 is 0 Å². The van der Waals surface area contributed by atoms with Crippen LogP contribution in [-0.2, 0) is 0 Å². The number of hydrogen-bond donors (Lipinski definition) is 0. The number of nitrogens with zero attached hydrogens (tertiary/aromatic N) is 1. The van der Waals surface area contributed by atoms with Crippen molar-refractivity contribution in [3.63, 3.8) is 0 Å². The fraction of sp³-hybridized carbons (Fsp3) is 0.278. The monoisotopic (exact) mass is 349 g/mol. The van der Waals surface area contributed by atoms with Crippen molar-refractivity contribution < 1.29 is 9.53 Å². The number of carbonyl (C=O) groups excluding carboxylic acids is 1. The molecule has 5 heteroatoms. The zero-order valence-corrected chi connectivity index (χ0v) is 14.3. The van der Waals surface area contributed by atoms with E-state index in [1.54, 1.807) is 25.3 Å². The first-order chi connectivity index (χ1) is 11.1. The van der Waals surface area contributed by atoms with Gasteiger partial charge in [0.05, 0.1) is 17.2 Å². The predicted molar refractivity (Wildman–Crippen MR) is 92.7 cm³/mol. The highest BCUT2D eigenvalue weighted by Crippen LogP contribution is 2.30. The highest BCUT2D eigenvalue weighted by molar-refractivity contribution is 6.42.